The van der Waals surface area contributed by atoms with Gasteiger partial charge in [-0.15, -0.1) is 0 Å². The number of piperidine rings is 1. The molecule has 2 atom stereocenters. The van der Waals surface area contributed by atoms with Crippen molar-refractivity contribution in [3.05, 3.63) is 34.7 Å². The molecule has 0 aromatic heterocycles. The minimum absolute atomic E-state index is 0.0334. The first-order chi connectivity index (χ1) is 11.6. The number of quaternary nitrogens is 1. The number of methoxy groups -OCH3 is 1. The van der Waals surface area contributed by atoms with Crippen LogP contribution in [0.25, 0.3) is 6.08 Å². The molecule has 1 unspecified atom stereocenters. The van der Waals surface area contributed by atoms with Crippen molar-refractivity contribution >= 4 is 40.3 Å². The van der Waals surface area contributed by atoms with Crippen LogP contribution in [0.3, 0.4) is 0 Å². The predicted octanol–water partition coefficient (Wildman–Crippen LogP) is 2.31. The van der Waals surface area contributed by atoms with Gasteiger partial charge >= 0.3 is 0 Å². The van der Waals surface area contributed by atoms with Crippen molar-refractivity contribution in [1.82, 2.24) is 4.90 Å². The molecule has 0 aliphatic carbocycles. The Hall–Kier alpha value is -1.37. The first-order valence-corrected chi connectivity index (χ1v) is 9.55. The molecule has 1 N–H and O–H groups in total. The van der Waals surface area contributed by atoms with Crippen LogP contribution in [0.1, 0.15) is 31.7 Å². The summed E-state index contributed by atoms with van der Waals surface area (Å²) >= 11 is 6.85. The molecule has 128 valence electrons. The average molecular weight is 364 g/mol. The number of nitrogens with one attached hydrogen (secondary N) is 1. The topological polar surface area (TPSA) is 34.0 Å². The monoisotopic (exact) mass is 363 g/mol. The van der Waals surface area contributed by atoms with E-state index < -0.39 is 0 Å². The second kappa shape index (κ2) is 7.68. The molecule has 0 spiro atoms. The average Bonchev–Trinajstić information content (AvgIpc) is 2.85. The van der Waals surface area contributed by atoms with Crippen LogP contribution in [0.4, 0.5) is 0 Å². The van der Waals surface area contributed by atoms with Crippen molar-refractivity contribution in [2.75, 3.05) is 20.3 Å². The van der Waals surface area contributed by atoms with Gasteiger partial charge in [-0.25, -0.2) is 4.90 Å². The number of thiocarbonyl (C=S) groups is 1. The van der Waals surface area contributed by atoms with E-state index in [9.17, 15) is 4.79 Å². The van der Waals surface area contributed by atoms with E-state index in [2.05, 4.69) is 6.92 Å². The molecular formula is C18H23N2O2S2+. The van der Waals surface area contributed by atoms with Crippen molar-refractivity contribution < 1.29 is 14.4 Å². The number of amides is 1. The van der Waals surface area contributed by atoms with E-state index in [-0.39, 0.29) is 5.91 Å². The molecule has 2 heterocycles. The van der Waals surface area contributed by atoms with Crippen LogP contribution in [0.2, 0.25) is 0 Å². The van der Waals surface area contributed by atoms with E-state index in [4.69, 9.17) is 17.0 Å². The Kier molecular flexibility index (Phi) is 5.58. The van der Waals surface area contributed by atoms with E-state index in [1.54, 1.807) is 12.0 Å². The number of nitrogens with zero attached hydrogens (tertiary/aromatic N) is 1. The second-order valence-corrected chi connectivity index (χ2v) is 8.02. The number of rotatable bonds is 4. The number of hydrogen-bond acceptors (Lipinski definition) is 4. The highest BCUT2D eigenvalue weighted by Crippen LogP contribution is 2.32. The van der Waals surface area contributed by atoms with Gasteiger partial charge in [-0.2, -0.15) is 0 Å². The number of carbonyl (C=O) groups excluding carboxylic acids is 1. The maximum atomic E-state index is 12.7. The third kappa shape index (κ3) is 3.82. The maximum absolute atomic E-state index is 12.7. The van der Waals surface area contributed by atoms with Crippen molar-refractivity contribution in [3.8, 4) is 5.75 Å². The van der Waals surface area contributed by atoms with Gasteiger partial charge in [0.25, 0.3) is 5.91 Å². The molecule has 2 saturated heterocycles. The molecule has 0 saturated carbocycles. The van der Waals surface area contributed by atoms with Crippen LogP contribution in [0.5, 0.6) is 5.75 Å². The third-order valence-corrected chi connectivity index (χ3v) is 6.11. The van der Waals surface area contributed by atoms with E-state index in [1.165, 1.54) is 35.9 Å². The fourth-order valence-corrected chi connectivity index (χ4v) is 4.43. The molecule has 4 nitrogen and oxygen atoms in total. The SMILES string of the molecule is COc1ccc(/C=C2/SC(=S)N(C[NH+]3CCCC[C@@H]3C)C2=O)cc1. The van der Waals surface area contributed by atoms with Crippen LogP contribution in [-0.2, 0) is 4.79 Å². The highest BCUT2D eigenvalue weighted by molar-refractivity contribution is 8.26. The molecule has 1 aromatic carbocycles. The summed E-state index contributed by atoms with van der Waals surface area (Å²) in [4.78, 5) is 16.7. The van der Waals surface area contributed by atoms with Crippen LogP contribution in [-0.4, -0.2) is 41.5 Å². The number of ether oxygens (including phenoxy) is 1. The summed E-state index contributed by atoms with van der Waals surface area (Å²) in [5.74, 6) is 0.841. The Bertz CT molecular complexity index is 657. The van der Waals surface area contributed by atoms with E-state index in [1.807, 2.05) is 30.3 Å². The summed E-state index contributed by atoms with van der Waals surface area (Å²) in [6.45, 7) is 4.07. The zero-order chi connectivity index (χ0) is 17.1. The Labute approximate surface area is 152 Å². The molecule has 2 fully saturated rings. The van der Waals surface area contributed by atoms with Crippen LogP contribution in [0.15, 0.2) is 29.2 Å². The first kappa shape index (κ1) is 17.5. The number of hydrogen-bond donors (Lipinski definition) is 1. The van der Waals surface area contributed by atoms with Crippen LogP contribution >= 0.6 is 24.0 Å². The van der Waals surface area contributed by atoms with Crippen molar-refractivity contribution in [3.63, 3.8) is 0 Å². The molecule has 2 aliphatic heterocycles. The normalized spacial score (nSPS) is 26.2. The second-order valence-electron chi connectivity index (χ2n) is 6.35. The van der Waals surface area contributed by atoms with Crippen molar-refractivity contribution in [2.24, 2.45) is 0 Å². The Morgan fingerprint density at radius 1 is 1.38 bits per heavy atom. The van der Waals surface area contributed by atoms with Crippen LogP contribution < -0.4 is 9.64 Å². The molecule has 2 aliphatic rings. The minimum atomic E-state index is 0.0334. The highest BCUT2D eigenvalue weighted by Gasteiger charge is 2.36. The molecule has 1 amide bonds. The lowest BCUT2D eigenvalue weighted by Crippen LogP contribution is -3.17. The van der Waals surface area contributed by atoms with Gasteiger partial charge in [-0.05, 0) is 50.0 Å². The lowest BCUT2D eigenvalue weighted by Gasteiger charge is -2.32. The van der Waals surface area contributed by atoms with Gasteiger partial charge in [0, 0.05) is 0 Å². The smallest absolute Gasteiger partial charge is 0.270 e. The molecule has 24 heavy (non-hydrogen) atoms. The summed E-state index contributed by atoms with van der Waals surface area (Å²) < 4.78 is 5.84. The quantitative estimate of drug-likeness (QED) is 0.658. The Morgan fingerprint density at radius 2 is 2.12 bits per heavy atom. The fraction of sp³-hybridized carbons (Fsp3) is 0.444. The highest BCUT2D eigenvalue weighted by atomic mass is 32.2. The lowest BCUT2D eigenvalue weighted by atomic mass is 10.0. The van der Waals surface area contributed by atoms with Gasteiger partial charge in [0.05, 0.1) is 24.6 Å². The van der Waals surface area contributed by atoms with E-state index >= 15 is 0 Å². The summed E-state index contributed by atoms with van der Waals surface area (Å²) in [6, 6.07) is 8.28. The summed E-state index contributed by atoms with van der Waals surface area (Å²) in [7, 11) is 1.64. The molecule has 1 aromatic rings. The van der Waals surface area contributed by atoms with Crippen molar-refractivity contribution in [2.45, 2.75) is 32.2 Å². The summed E-state index contributed by atoms with van der Waals surface area (Å²) in [5, 5.41) is 0. The molecule has 6 heteroatoms. The standard InChI is InChI=1S/C18H22N2O2S2/c1-13-5-3-4-10-19(13)12-20-17(21)16(24-18(20)23)11-14-6-8-15(22-2)9-7-14/h6-9,11,13H,3-5,10,12H2,1-2H3/p+1/b16-11+/t13-/m0/s1. The van der Waals surface area contributed by atoms with Crippen LogP contribution in [0, 0.1) is 0 Å². The van der Waals surface area contributed by atoms with Gasteiger partial charge in [-0.3, -0.25) is 4.79 Å². The molecule has 3 rings (SSSR count). The van der Waals surface area contributed by atoms with E-state index in [0.717, 1.165) is 17.9 Å². The lowest BCUT2D eigenvalue weighted by molar-refractivity contribution is -0.935. The van der Waals surface area contributed by atoms with Gasteiger partial charge in [0.1, 0.15) is 5.75 Å². The Morgan fingerprint density at radius 3 is 2.79 bits per heavy atom. The van der Waals surface area contributed by atoms with Gasteiger partial charge in [-0.1, -0.05) is 36.1 Å². The zero-order valence-electron chi connectivity index (χ0n) is 14.1. The van der Waals surface area contributed by atoms with Gasteiger partial charge in [0.2, 0.25) is 0 Å². The van der Waals surface area contributed by atoms with Gasteiger partial charge < -0.3 is 9.64 Å². The van der Waals surface area contributed by atoms with Crippen molar-refractivity contribution in [1.29, 1.82) is 0 Å². The number of thioether (sulfide) groups is 1. The largest absolute Gasteiger partial charge is 0.497 e. The number of carbonyl (C=O) groups is 1. The zero-order valence-corrected chi connectivity index (χ0v) is 15.7. The Balaban J connectivity index is 1.71. The molecule has 0 radical (unpaired) electrons. The fourth-order valence-electron chi connectivity index (χ4n) is 3.18. The maximum Gasteiger partial charge on any atom is 0.270 e. The number of benzene rings is 1. The third-order valence-electron chi connectivity index (χ3n) is 4.73. The molecule has 0 bridgehead atoms. The minimum Gasteiger partial charge on any atom is -0.497 e. The summed E-state index contributed by atoms with van der Waals surface area (Å²) in [6.07, 6.45) is 5.66. The first-order valence-electron chi connectivity index (χ1n) is 8.32. The number of likely N-dealkylation sites (tertiary alicyclic amines) is 1. The predicted molar refractivity (Wildman–Crippen MR) is 102 cm³/mol. The van der Waals surface area contributed by atoms with Gasteiger partial charge in [0.15, 0.2) is 11.0 Å². The molecular weight excluding hydrogens is 340 g/mol. The summed E-state index contributed by atoms with van der Waals surface area (Å²) in [5.41, 5.74) is 0.981. The van der Waals surface area contributed by atoms with E-state index in [0.29, 0.717) is 21.9 Å².